The summed E-state index contributed by atoms with van der Waals surface area (Å²) in [7, 11) is 0. The highest BCUT2D eigenvalue weighted by molar-refractivity contribution is 7.21. The van der Waals surface area contributed by atoms with E-state index in [1.807, 2.05) is 0 Å². The van der Waals surface area contributed by atoms with Gasteiger partial charge in [-0.25, -0.2) is 4.98 Å². The number of primary amides is 1. The van der Waals surface area contributed by atoms with Crippen molar-refractivity contribution in [1.29, 1.82) is 0 Å². The number of hydrogen-bond donors (Lipinski definition) is 3. The number of aromatic nitrogens is 1. The number of thiophene rings is 1. The molecule has 5 N–H and O–H groups in total. The van der Waals surface area contributed by atoms with Crippen LogP contribution in [0, 0.1) is 5.92 Å². The Labute approximate surface area is 114 Å². The lowest BCUT2D eigenvalue weighted by molar-refractivity contribution is 0.100. The Kier molecular flexibility index (Phi) is 2.91. The largest absolute Gasteiger partial charge is 0.397 e. The molecule has 3 rings (SSSR count). The Morgan fingerprint density at radius 3 is 2.84 bits per heavy atom. The van der Waals surface area contributed by atoms with Crippen molar-refractivity contribution in [3.63, 3.8) is 0 Å². The van der Waals surface area contributed by atoms with Crippen LogP contribution in [0.15, 0.2) is 6.20 Å². The molecule has 19 heavy (non-hydrogen) atoms. The monoisotopic (exact) mass is 277 g/mol. The van der Waals surface area contributed by atoms with Crippen molar-refractivity contribution in [3.8, 4) is 0 Å². The molecule has 100 valence electrons. The van der Waals surface area contributed by atoms with Gasteiger partial charge in [-0.1, -0.05) is 0 Å². The first-order valence-corrected chi connectivity index (χ1v) is 7.02. The van der Waals surface area contributed by atoms with Gasteiger partial charge in [-0.15, -0.1) is 11.3 Å². The van der Waals surface area contributed by atoms with Crippen molar-refractivity contribution in [2.45, 2.75) is 25.9 Å². The number of rotatable bonds is 4. The zero-order valence-electron chi connectivity index (χ0n) is 10.3. The minimum Gasteiger partial charge on any atom is -0.397 e. The number of hydrogen-bond acceptors (Lipinski definition) is 5. The minimum absolute atomic E-state index is 0.0633. The Morgan fingerprint density at radius 1 is 1.53 bits per heavy atom. The molecule has 2 aromatic rings. The molecule has 1 aliphatic rings. The van der Waals surface area contributed by atoms with Gasteiger partial charge in [0.1, 0.15) is 9.71 Å². The molecule has 1 saturated carbocycles. The Bertz CT molecular complexity index is 661. The van der Waals surface area contributed by atoms with Crippen LogP contribution in [0.1, 0.15) is 33.6 Å². The summed E-state index contributed by atoms with van der Waals surface area (Å²) < 4.78 is 0. The molecule has 5 nitrogen and oxygen atoms in total. The number of nitrogen functional groups attached to an aromatic ring is 1. The zero-order valence-corrected chi connectivity index (χ0v) is 11.2. The minimum atomic E-state index is -0.525. The fourth-order valence-corrected chi connectivity index (χ4v) is 3.30. The molecule has 0 aliphatic heterocycles. The molecule has 1 aliphatic carbocycles. The first kappa shape index (κ1) is 12.4. The highest BCUT2D eigenvalue weighted by Gasteiger charge is 2.26. The Hall–Kier alpha value is -1.66. The summed E-state index contributed by atoms with van der Waals surface area (Å²) >= 11 is 1.22. The number of aliphatic hydroxyl groups excluding tert-OH is 1. The molecule has 0 saturated heterocycles. The topological polar surface area (TPSA) is 102 Å². The number of amides is 1. The molecule has 0 atom stereocenters. The van der Waals surface area contributed by atoms with E-state index >= 15 is 0 Å². The van der Waals surface area contributed by atoms with E-state index in [2.05, 4.69) is 4.98 Å². The van der Waals surface area contributed by atoms with Gasteiger partial charge in [-0.05, 0) is 36.3 Å². The van der Waals surface area contributed by atoms with Crippen molar-refractivity contribution in [3.05, 3.63) is 22.2 Å². The first-order valence-electron chi connectivity index (χ1n) is 6.21. The third-order valence-corrected chi connectivity index (χ3v) is 4.67. The van der Waals surface area contributed by atoms with Crippen molar-refractivity contribution in [1.82, 2.24) is 4.98 Å². The van der Waals surface area contributed by atoms with E-state index in [-0.39, 0.29) is 6.61 Å². The van der Waals surface area contributed by atoms with Gasteiger partial charge in [0.25, 0.3) is 5.91 Å². The quantitative estimate of drug-likeness (QED) is 0.786. The predicted molar refractivity (Wildman–Crippen MR) is 74.9 cm³/mol. The van der Waals surface area contributed by atoms with Crippen LogP contribution in [0.3, 0.4) is 0 Å². The normalized spacial score (nSPS) is 15.0. The van der Waals surface area contributed by atoms with Gasteiger partial charge in [0, 0.05) is 11.6 Å². The van der Waals surface area contributed by atoms with Crippen molar-refractivity contribution < 1.29 is 9.90 Å². The van der Waals surface area contributed by atoms with Gasteiger partial charge >= 0.3 is 0 Å². The number of pyridine rings is 1. The van der Waals surface area contributed by atoms with Crippen molar-refractivity contribution >= 4 is 33.1 Å². The van der Waals surface area contributed by atoms with Crippen LogP contribution in [0.5, 0.6) is 0 Å². The molecule has 0 spiro atoms. The SMILES string of the molecule is NC(=O)c1sc2ncc(CO)c(CC3CC3)c2c1N. The van der Waals surface area contributed by atoms with E-state index in [1.54, 1.807) is 6.20 Å². The van der Waals surface area contributed by atoms with Crippen LogP contribution < -0.4 is 11.5 Å². The van der Waals surface area contributed by atoms with E-state index < -0.39 is 5.91 Å². The lowest BCUT2D eigenvalue weighted by Gasteiger charge is -2.08. The van der Waals surface area contributed by atoms with Crippen LogP contribution in [-0.2, 0) is 13.0 Å². The maximum Gasteiger partial charge on any atom is 0.260 e. The van der Waals surface area contributed by atoms with E-state index in [0.717, 1.165) is 27.8 Å². The van der Waals surface area contributed by atoms with Gasteiger partial charge in [-0.2, -0.15) is 0 Å². The van der Waals surface area contributed by atoms with Crippen LogP contribution in [0.2, 0.25) is 0 Å². The number of carbonyl (C=O) groups is 1. The van der Waals surface area contributed by atoms with Gasteiger partial charge in [-0.3, -0.25) is 4.79 Å². The van der Waals surface area contributed by atoms with Gasteiger partial charge in [0.15, 0.2) is 0 Å². The Morgan fingerprint density at radius 2 is 2.26 bits per heavy atom. The third-order valence-electron chi connectivity index (χ3n) is 3.54. The van der Waals surface area contributed by atoms with E-state index in [9.17, 15) is 9.90 Å². The maximum absolute atomic E-state index is 11.4. The van der Waals surface area contributed by atoms with Crippen molar-refractivity contribution in [2.75, 3.05) is 5.73 Å². The molecule has 1 amide bonds. The third kappa shape index (κ3) is 2.06. The summed E-state index contributed by atoms with van der Waals surface area (Å²) in [5, 5.41) is 10.3. The Balaban J connectivity index is 2.24. The molecular weight excluding hydrogens is 262 g/mol. The second kappa shape index (κ2) is 4.47. The second-order valence-electron chi connectivity index (χ2n) is 4.96. The van der Waals surface area contributed by atoms with Crippen LogP contribution >= 0.6 is 11.3 Å². The standard InChI is InChI=1S/C13H15N3O2S/c14-10-9-8(3-6-1-2-6)7(5-17)4-16-13(9)19-11(10)12(15)18/h4,6,17H,1-3,5,14H2,(H2,15,18). The summed E-state index contributed by atoms with van der Waals surface area (Å²) in [4.78, 5) is 16.7. The summed E-state index contributed by atoms with van der Waals surface area (Å²) in [6.45, 7) is -0.0633. The molecule has 0 radical (unpaired) electrons. The molecule has 0 unspecified atom stereocenters. The van der Waals surface area contributed by atoms with E-state index in [4.69, 9.17) is 11.5 Å². The first-order chi connectivity index (χ1) is 9.11. The van der Waals surface area contributed by atoms with Gasteiger partial charge in [0.05, 0.1) is 12.3 Å². The van der Waals surface area contributed by atoms with E-state index in [1.165, 1.54) is 24.2 Å². The molecule has 6 heteroatoms. The maximum atomic E-state index is 11.4. The average molecular weight is 277 g/mol. The molecule has 1 fully saturated rings. The number of carbonyl (C=O) groups excluding carboxylic acids is 1. The van der Waals surface area contributed by atoms with Gasteiger partial charge in [0.2, 0.25) is 0 Å². The van der Waals surface area contributed by atoms with Crippen LogP contribution in [0.4, 0.5) is 5.69 Å². The number of aliphatic hydroxyl groups is 1. The number of nitrogens with zero attached hydrogens (tertiary/aromatic N) is 1. The lowest BCUT2D eigenvalue weighted by atomic mass is 10.00. The summed E-state index contributed by atoms with van der Waals surface area (Å²) in [6, 6.07) is 0. The highest BCUT2D eigenvalue weighted by atomic mass is 32.1. The predicted octanol–water partition coefficient (Wildman–Crippen LogP) is 1.42. The fourth-order valence-electron chi connectivity index (χ4n) is 2.35. The number of anilines is 1. The molecule has 2 heterocycles. The number of fused-ring (bicyclic) bond motifs is 1. The van der Waals surface area contributed by atoms with Crippen LogP contribution in [-0.4, -0.2) is 16.0 Å². The summed E-state index contributed by atoms with van der Waals surface area (Å²) in [5.74, 6) is 0.135. The molecule has 0 bridgehead atoms. The number of nitrogens with two attached hydrogens (primary N) is 2. The molecular formula is C13H15N3O2S. The lowest BCUT2D eigenvalue weighted by Crippen LogP contribution is -2.11. The zero-order chi connectivity index (χ0) is 13.6. The van der Waals surface area contributed by atoms with Crippen LogP contribution in [0.25, 0.3) is 10.2 Å². The average Bonchev–Trinajstić information content (AvgIpc) is 3.12. The summed E-state index contributed by atoms with van der Waals surface area (Å²) in [5.41, 5.74) is 13.6. The highest BCUT2D eigenvalue weighted by Crippen LogP contribution is 2.40. The van der Waals surface area contributed by atoms with E-state index in [0.29, 0.717) is 16.5 Å². The summed E-state index contributed by atoms with van der Waals surface area (Å²) in [6.07, 6.45) is 4.97. The smallest absolute Gasteiger partial charge is 0.260 e. The molecule has 2 aromatic heterocycles. The van der Waals surface area contributed by atoms with Crippen molar-refractivity contribution in [2.24, 2.45) is 11.7 Å². The van der Waals surface area contributed by atoms with Gasteiger partial charge < -0.3 is 16.6 Å². The second-order valence-corrected chi connectivity index (χ2v) is 5.96. The fraction of sp³-hybridized carbons (Fsp3) is 0.385. The molecule has 0 aromatic carbocycles.